The fourth-order valence-electron chi connectivity index (χ4n) is 1.52. The fraction of sp³-hybridized carbons (Fsp3) is 0.867. The summed E-state index contributed by atoms with van der Waals surface area (Å²) in [5.74, 6) is 0.555. The molecule has 0 saturated carbocycles. The van der Waals surface area contributed by atoms with Gasteiger partial charge in [-0.3, -0.25) is 9.79 Å². The molecule has 0 aromatic carbocycles. The van der Waals surface area contributed by atoms with Gasteiger partial charge in [0.05, 0.1) is 26.4 Å². The highest BCUT2D eigenvalue weighted by Gasteiger charge is 2.02. The van der Waals surface area contributed by atoms with Crippen LogP contribution in [0.25, 0.3) is 0 Å². The first-order chi connectivity index (χ1) is 10.7. The Labute approximate surface area is 157 Å². The maximum atomic E-state index is 11.5. The number of carbonyl (C=O) groups is 1. The average molecular weight is 444 g/mol. The van der Waals surface area contributed by atoms with E-state index >= 15 is 0 Å². The first-order valence-corrected chi connectivity index (χ1v) is 8.11. The summed E-state index contributed by atoms with van der Waals surface area (Å²) in [5.41, 5.74) is 0. The number of aliphatic imine (C=N–C) groups is 1. The van der Waals surface area contributed by atoms with E-state index < -0.39 is 0 Å². The smallest absolute Gasteiger partial charge is 0.239 e. The van der Waals surface area contributed by atoms with Crippen LogP contribution in [-0.4, -0.2) is 65.0 Å². The molecule has 0 bridgehead atoms. The second kappa shape index (κ2) is 19.4. The minimum atomic E-state index is -0.0368. The minimum Gasteiger partial charge on any atom is -0.379 e. The number of guanidine groups is 1. The molecule has 0 spiro atoms. The van der Waals surface area contributed by atoms with E-state index in [2.05, 4.69) is 27.9 Å². The van der Waals surface area contributed by atoms with Crippen molar-refractivity contribution in [2.75, 3.05) is 53.1 Å². The van der Waals surface area contributed by atoms with E-state index in [1.807, 2.05) is 6.92 Å². The van der Waals surface area contributed by atoms with E-state index in [1.165, 1.54) is 0 Å². The second-order valence-electron chi connectivity index (χ2n) is 4.78. The van der Waals surface area contributed by atoms with Crippen molar-refractivity contribution in [2.24, 2.45) is 4.99 Å². The summed E-state index contributed by atoms with van der Waals surface area (Å²) >= 11 is 0. The third-order valence-corrected chi connectivity index (χ3v) is 2.77. The molecule has 23 heavy (non-hydrogen) atoms. The number of ether oxygens (including phenoxy) is 2. The van der Waals surface area contributed by atoms with Crippen LogP contribution in [0.4, 0.5) is 0 Å². The van der Waals surface area contributed by atoms with Gasteiger partial charge in [0.2, 0.25) is 5.91 Å². The van der Waals surface area contributed by atoms with Crippen LogP contribution < -0.4 is 16.0 Å². The predicted octanol–water partition coefficient (Wildman–Crippen LogP) is 1.13. The van der Waals surface area contributed by atoms with Crippen molar-refractivity contribution in [3.63, 3.8) is 0 Å². The fourth-order valence-corrected chi connectivity index (χ4v) is 1.52. The Balaban J connectivity index is 0. The molecule has 0 aliphatic rings. The molecule has 0 rings (SSSR count). The molecule has 0 unspecified atom stereocenters. The molecule has 7 nitrogen and oxygen atoms in total. The summed E-state index contributed by atoms with van der Waals surface area (Å²) in [4.78, 5) is 15.5. The summed E-state index contributed by atoms with van der Waals surface area (Å²) in [6, 6.07) is 0. The Bertz CT molecular complexity index is 304. The molecule has 0 heterocycles. The number of amides is 1. The Morgan fingerprint density at radius 3 is 2.22 bits per heavy atom. The quantitative estimate of drug-likeness (QED) is 0.172. The third-order valence-electron chi connectivity index (χ3n) is 2.77. The Hall–Kier alpha value is -0.610. The zero-order chi connectivity index (χ0) is 16.5. The number of rotatable bonds is 13. The van der Waals surface area contributed by atoms with E-state index in [0.29, 0.717) is 38.9 Å². The van der Waals surface area contributed by atoms with Gasteiger partial charge in [0.15, 0.2) is 5.96 Å². The van der Waals surface area contributed by atoms with Gasteiger partial charge in [-0.25, -0.2) is 0 Å². The summed E-state index contributed by atoms with van der Waals surface area (Å²) in [6.45, 7) is 8.29. The lowest BCUT2D eigenvalue weighted by atomic mass is 10.4. The Kier molecular flexibility index (Phi) is 20.8. The zero-order valence-corrected chi connectivity index (χ0v) is 17.0. The topological polar surface area (TPSA) is 84.0 Å². The number of nitrogens with zero attached hydrogens (tertiary/aromatic N) is 1. The van der Waals surface area contributed by atoms with Gasteiger partial charge in [-0.1, -0.05) is 20.3 Å². The highest BCUT2D eigenvalue weighted by Crippen LogP contribution is 1.87. The highest BCUT2D eigenvalue weighted by molar-refractivity contribution is 14.0. The highest BCUT2D eigenvalue weighted by atomic mass is 127. The van der Waals surface area contributed by atoms with Crippen molar-refractivity contribution in [1.82, 2.24) is 16.0 Å². The van der Waals surface area contributed by atoms with Crippen molar-refractivity contribution in [2.45, 2.75) is 33.1 Å². The van der Waals surface area contributed by atoms with Gasteiger partial charge in [-0.15, -0.1) is 24.0 Å². The first-order valence-electron chi connectivity index (χ1n) is 8.11. The lowest BCUT2D eigenvalue weighted by Gasteiger charge is -2.12. The molecule has 8 heteroatoms. The summed E-state index contributed by atoms with van der Waals surface area (Å²) < 4.78 is 10.8. The molecule has 0 fully saturated rings. The monoisotopic (exact) mass is 444 g/mol. The number of halogens is 1. The Morgan fingerprint density at radius 2 is 1.61 bits per heavy atom. The van der Waals surface area contributed by atoms with E-state index in [1.54, 1.807) is 7.05 Å². The number of unbranched alkanes of at least 4 members (excludes halogenated alkanes) is 1. The molecule has 0 atom stereocenters. The van der Waals surface area contributed by atoms with Crippen molar-refractivity contribution in [1.29, 1.82) is 0 Å². The summed E-state index contributed by atoms with van der Waals surface area (Å²) in [5, 5.41) is 8.83. The maximum Gasteiger partial charge on any atom is 0.239 e. The molecule has 0 aliphatic heterocycles. The van der Waals surface area contributed by atoms with E-state index in [4.69, 9.17) is 9.47 Å². The van der Waals surface area contributed by atoms with Crippen LogP contribution in [0.2, 0.25) is 0 Å². The van der Waals surface area contributed by atoms with Crippen LogP contribution in [0.5, 0.6) is 0 Å². The molecule has 0 aliphatic carbocycles. The molecular formula is C15H33IN4O3. The first kappa shape index (κ1) is 24.6. The van der Waals surface area contributed by atoms with Crippen molar-refractivity contribution in [3.8, 4) is 0 Å². The lowest BCUT2D eigenvalue weighted by molar-refractivity contribution is -0.120. The van der Waals surface area contributed by atoms with E-state index in [-0.39, 0.29) is 36.4 Å². The van der Waals surface area contributed by atoms with Crippen LogP contribution in [0.15, 0.2) is 4.99 Å². The standard InChI is InChI=1S/C15H32N4O3.HI/c1-4-6-9-21-11-12-22-10-8-18-15(16-3)19-13-14(20)17-7-5-2;/h4-13H2,1-3H3,(H,17,20)(H2,16,18,19);1H. The van der Waals surface area contributed by atoms with Crippen molar-refractivity contribution in [3.05, 3.63) is 0 Å². The molecule has 1 amide bonds. The molecular weight excluding hydrogens is 411 g/mol. The van der Waals surface area contributed by atoms with Gasteiger partial charge in [-0.2, -0.15) is 0 Å². The van der Waals surface area contributed by atoms with Gasteiger partial charge in [0.25, 0.3) is 0 Å². The number of carbonyl (C=O) groups excluding carboxylic acids is 1. The molecule has 0 saturated heterocycles. The van der Waals surface area contributed by atoms with E-state index in [9.17, 15) is 4.79 Å². The average Bonchev–Trinajstić information content (AvgIpc) is 2.54. The van der Waals surface area contributed by atoms with Gasteiger partial charge in [0, 0.05) is 26.7 Å². The third kappa shape index (κ3) is 17.6. The molecule has 0 radical (unpaired) electrons. The maximum absolute atomic E-state index is 11.5. The van der Waals surface area contributed by atoms with Gasteiger partial charge >= 0.3 is 0 Å². The van der Waals surface area contributed by atoms with Crippen molar-refractivity contribution < 1.29 is 14.3 Å². The molecule has 0 aromatic rings. The SMILES string of the molecule is CCCCOCCOCCNC(=NC)NCC(=O)NCCC.I. The summed E-state index contributed by atoms with van der Waals surface area (Å²) in [7, 11) is 1.67. The summed E-state index contributed by atoms with van der Waals surface area (Å²) in [6.07, 6.45) is 3.17. The van der Waals surface area contributed by atoms with Gasteiger partial charge in [0.1, 0.15) is 0 Å². The second-order valence-corrected chi connectivity index (χ2v) is 4.78. The van der Waals surface area contributed by atoms with Crippen molar-refractivity contribution >= 4 is 35.8 Å². The van der Waals surface area contributed by atoms with Crippen LogP contribution in [0.1, 0.15) is 33.1 Å². The zero-order valence-electron chi connectivity index (χ0n) is 14.7. The number of hydrogen-bond donors (Lipinski definition) is 3. The van der Waals surface area contributed by atoms with Crippen LogP contribution in [0, 0.1) is 0 Å². The largest absolute Gasteiger partial charge is 0.379 e. The van der Waals surface area contributed by atoms with Crippen LogP contribution >= 0.6 is 24.0 Å². The van der Waals surface area contributed by atoms with Crippen LogP contribution in [0.3, 0.4) is 0 Å². The predicted molar refractivity (Wildman–Crippen MR) is 105 cm³/mol. The normalized spacial score (nSPS) is 10.8. The molecule has 138 valence electrons. The van der Waals surface area contributed by atoms with Gasteiger partial charge < -0.3 is 25.4 Å². The van der Waals surface area contributed by atoms with Crippen LogP contribution in [-0.2, 0) is 14.3 Å². The number of hydrogen-bond acceptors (Lipinski definition) is 4. The number of nitrogens with one attached hydrogen (secondary N) is 3. The van der Waals surface area contributed by atoms with E-state index in [0.717, 1.165) is 25.9 Å². The minimum absolute atomic E-state index is 0. The Morgan fingerprint density at radius 1 is 0.913 bits per heavy atom. The molecule has 3 N–H and O–H groups in total. The lowest BCUT2D eigenvalue weighted by Crippen LogP contribution is -2.44. The van der Waals surface area contributed by atoms with Gasteiger partial charge in [-0.05, 0) is 12.8 Å². The molecule has 0 aromatic heterocycles.